The number of para-hydroxylation sites is 1. The molecule has 1 saturated heterocycles. The van der Waals surface area contributed by atoms with Gasteiger partial charge in [-0.3, -0.25) is 14.5 Å². The van der Waals surface area contributed by atoms with Gasteiger partial charge in [0, 0.05) is 37.8 Å². The maximum absolute atomic E-state index is 12.4. The quantitative estimate of drug-likeness (QED) is 0.862. The fourth-order valence-electron chi connectivity index (χ4n) is 3.39. The van der Waals surface area contributed by atoms with Crippen molar-refractivity contribution in [3.63, 3.8) is 0 Å². The summed E-state index contributed by atoms with van der Waals surface area (Å²) in [6.45, 7) is 11.4. The Labute approximate surface area is 151 Å². The summed E-state index contributed by atoms with van der Waals surface area (Å²) in [5.41, 5.74) is 3.07. The van der Waals surface area contributed by atoms with E-state index in [0.29, 0.717) is 19.6 Å². The van der Waals surface area contributed by atoms with E-state index in [2.05, 4.69) is 17.1 Å². The van der Waals surface area contributed by atoms with E-state index in [-0.39, 0.29) is 17.7 Å². The molecule has 1 aliphatic rings. The first-order valence-corrected chi connectivity index (χ1v) is 9.29. The van der Waals surface area contributed by atoms with Gasteiger partial charge in [0.2, 0.25) is 11.8 Å². The van der Waals surface area contributed by atoms with Crippen LogP contribution in [0.5, 0.6) is 0 Å². The fourth-order valence-corrected chi connectivity index (χ4v) is 3.39. The van der Waals surface area contributed by atoms with E-state index in [0.717, 1.165) is 42.7 Å². The first kappa shape index (κ1) is 19.4. The van der Waals surface area contributed by atoms with Gasteiger partial charge in [0.05, 0.1) is 6.54 Å². The molecule has 1 atom stereocenters. The van der Waals surface area contributed by atoms with Crippen molar-refractivity contribution in [2.24, 2.45) is 5.92 Å². The number of piperazine rings is 1. The predicted molar refractivity (Wildman–Crippen MR) is 102 cm³/mol. The summed E-state index contributed by atoms with van der Waals surface area (Å²) in [6.07, 6.45) is 1.97. The molecule has 2 rings (SSSR count). The molecule has 25 heavy (non-hydrogen) atoms. The van der Waals surface area contributed by atoms with Crippen LogP contribution < -0.4 is 5.32 Å². The summed E-state index contributed by atoms with van der Waals surface area (Å²) < 4.78 is 0. The van der Waals surface area contributed by atoms with Crippen molar-refractivity contribution in [3.8, 4) is 0 Å². The second kappa shape index (κ2) is 8.99. The van der Waals surface area contributed by atoms with Crippen molar-refractivity contribution in [2.45, 2.75) is 40.5 Å². The van der Waals surface area contributed by atoms with Gasteiger partial charge in [-0.1, -0.05) is 38.5 Å². The van der Waals surface area contributed by atoms with Crippen molar-refractivity contribution in [1.82, 2.24) is 9.80 Å². The average molecular weight is 345 g/mol. The maximum atomic E-state index is 12.4. The van der Waals surface area contributed by atoms with Crippen LogP contribution in [0.15, 0.2) is 18.2 Å². The number of rotatable bonds is 6. The number of hydrogen-bond acceptors (Lipinski definition) is 3. The van der Waals surface area contributed by atoms with Gasteiger partial charge in [0.15, 0.2) is 0 Å². The molecule has 5 heteroatoms. The van der Waals surface area contributed by atoms with Crippen molar-refractivity contribution < 1.29 is 9.59 Å². The van der Waals surface area contributed by atoms with E-state index in [4.69, 9.17) is 0 Å². The Bertz CT molecular complexity index is 587. The van der Waals surface area contributed by atoms with Gasteiger partial charge in [-0.15, -0.1) is 0 Å². The number of aryl methyl sites for hydroxylation is 2. The number of carbonyl (C=O) groups is 2. The molecule has 0 bridgehead atoms. The second-order valence-corrected chi connectivity index (χ2v) is 7.11. The van der Waals surface area contributed by atoms with E-state index in [1.54, 1.807) is 0 Å². The molecule has 0 aliphatic carbocycles. The molecule has 1 unspecified atom stereocenters. The minimum absolute atomic E-state index is 0.0107. The molecule has 1 N–H and O–H groups in total. The SMILES string of the molecule is CCCC(C)C(=O)N1CCN(CC(=O)Nc2c(C)cccc2C)CC1. The van der Waals surface area contributed by atoms with E-state index in [1.165, 1.54) is 0 Å². The molecular weight excluding hydrogens is 314 g/mol. The lowest BCUT2D eigenvalue weighted by molar-refractivity contribution is -0.137. The Hall–Kier alpha value is -1.88. The zero-order valence-electron chi connectivity index (χ0n) is 16.0. The van der Waals surface area contributed by atoms with Crippen LogP contribution in [0, 0.1) is 19.8 Å². The zero-order chi connectivity index (χ0) is 18.4. The number of anilines is 1. The lowest BCUT2D eigenvalue weighted by Crippen LogP contribution is -2.51. The van der Waals surface area contributed by atoms with Gasteiger partial charge in [0.1, 0.15) is 0 Å². The molecule has 1 aromatic carbocycles. The monoisotopic (exact) mass is 345 g/mol. The normalized spacial score (nSPS) is 16.6. The predicted octanol–water partition coefficient (Wildman–Crippen LogP) is 2.82. The third-order valence-electron chi connectivity index (χ3n) is 4.94. The number of carbonyl (C=O) groups excluding carboxylic acids is 2. The molecule has 138 valence electrons. The molecule has 1 heterocycles. The largest absolute Gasteiger partial charge is 0.340 e. The van der Waals surface area contributed by atoms with Gasteiger partial charge in [-0.25, -0.2) is 0 Å². The zero-order valence-corrected chi connectivity index (χ0v) is 16.0. The van der Waals surface area contributed by atoms with Gasteiger partial charge < -0.3 is 10.2 Å². The van der Waals surface area contributed by atoms with Crippen LogP contribution in [0.25, 0.3) is 0 Å². The van der Waals surface area contributed by atoms with Gasteiger partial charge in [0.25, 0.3) is 0 Å². The Balaban J connectivity index is 1.82. The molecule has 1 fully saturated rings. The summed E-state index contributed by atoms with van der Waals surface area (Å²) in [7, 11) is 0. The Kier molecular flexibility index (Phi) is 7.00. The third kappa shape index (κ3) is 5.30. The summed E-state index contributed by atoms with van der Waals surface area (Å²) in [5, 5.41) is 3.03. The van der Waals surface area contributed by atoms with Crippen molar-refractivity contribution in [2.75, 3.05) is 38.0 Å². The number of benzene rings is 1. The lowest BCUT2D eigenvalue weighted by Gasteiger charge is -2.35. The summed E-state index contributed by atoms with van der Waals surface area (Å²) in [4.78, 5) is 28.8. The molecule has 5 nitrogen and oxygen atoms in total. The minimum atomic E-state index is 0.0107. The third-order valence-corrected chi connectivity index (χ3v) is 4.94. The van der Waals surface area contributed by atoms with E-state index in [1.807, 2.05) is 43.9 Å². The van der Waals surface area contributed by atoms with E-state index in [9.17, 15) is 9.59 Å². The number of nitrogens with one attached hydrogen (secondary N) is 1. The molecular formula is C20H31N3O2. The highest BCUT2D eigenvalue weighted by molar-refractivity contribution is 5.93. The molecule has 0 radical (unpaired) electrons. The highest BCUT2D eigenvalue weighted by atomic mass is 16.2. The Morgan fingerprint density at radius 1 is 1.12 bits per heavy atom. The topological polar surface area (TPSA) is 52.7 Å². The van der Waals surface area contributed by atoms with Gasteiger partial charge in [-0.2, -0.15) is 0 Å². The van der Waals surface area contributed by atoms with Crippen molar-refractivity contribution in [1.29, 1.82) is 0 Å². The number of nitrogens with zero attached hydrogens (tertiary/aromatic N) is 2. The molecule has 0 spiro atoms. The van der Waals surface area contributed by atoms with Crippen LogP contribution in [-0.2, 0) is 9.59 Å². The molecule has 0 aromatic heterocycles. The van der Waals surface area contributed by atoms with Crippen LogP contribution in [-0.4, -0.2) is 54.3 Å². The second-order valence-electron chi connectivity index (χ2n) is 7.11. The number of amides is 2. The summed E-state index contributed by atoms with van der Waals surface area (Å²) in [5.74, 6) is 0.363. The van der Waals surface area contributed by atoms with Crippen LogP contribution in [0.3, 0.4) is 0 Å². The highest BCUT2D eigenvalue weighted by Crippen LogP contribution is 2.19. The van der Waals surface area contributed by atoms with Crippen LogP contribution in [0.1, 0.15) is 37.8 Å². The van der Waals surface area contributed by atoms with Crippen LogP contribution in [0.4, 0.5) is 5.69 Å². The van der Waals surface area contributed by atoms with Gasteiger partial charge in [-0.05, 0) is 31.4 Å². The van der Waals surface area contributed by atoms with Crippen molar-refractivity contribution >= 4 is 17.5 Å². The van der Waals surface area contributed by atoms with Crippen LogP contribution >= 0.6 is 0 Å². The van der Waals surface area contributed by atoms with Crippen molar-refractivity contribution in [3.05, 3.63) is 29.3 Å². The first-order valence-electron chi connectivity index (χ1n) is 9.29. The fraction of sp³-hybridized carbons (Fsp3) is 0.600. The van der Waals surface area contributed by atoms with Crippen LogP contribution in [0.2, 0.25) is 0 Å². The molecule has 1 aromatic rings. The van der Waals surface area contributed by atoms with Gasteiger partial charge >= 0.3 is 0 Å². The van der Waals surface area contributed by atoms with E-state index < -0.39 is 0 Å². The number of hydrogen-bond donors (Lipinski definition) is 1. The Morgan fingerprint density at radius 3 is 2.28 bits per heavy atom. The Morgan fingerprint density at radius 2 is 1.72 bits per heavy atom. The smallest absolute Gasteiger partial charge is 0.238 e. The summed E-state index contributed by atoms with van der Waals surface area (Å²) in [6, 6.07) is 6.00. The van der Waals surface area contributed by atoms with E-state index >= 15 is 0 Å². The minimum Gasteiger partial charge on any atom is -0.340 e. The molecule has 1 aliphatic heterocycles. The standard InChI is InChI=1S/C20H31N3O2/c1-5-7-17(4)20(25)23-12-10-22(11-13-23)14-18(24)21-19-15(2)8-6-9-16(19)3/h6,8-9,17H,5,7,10-14H2,1-4H3,(H,21,24). The summed E-state index contributed by atoms with van der Waals surface area (Å²) >= 11 is 0. The first-order chi connectivity index (χ1) is 11.9. The molecule has 0 saturated carbocycles. The lowest BCUT2D eigenvalue weighted by atomic mass is 10.0. The average Bonchev–Trinajstić information content (AvgIpc) is 2.58. The highest BCUT2D eigenvalue weighted by Gasteiger charge is 2.25. The molecule has 2 amide bonds. The maximum Gasteiger partial charge on any atom is 0.238 e.